The van der Waals surface area contributed by atoms with Gasteiger partial charge in [0.05, 0.1) is 6.04 Å². The minimum absolute atomic E-state index is 0.563. The molecule has 2 N–H and O–H groups in total. The Morgan fingerprint density at radius 3 is 3.31 bits per heavy atom. The molecular weight excluding hydrogens is 200 g/mol. The molecule has 4 nitrogen and oxygen atoms in total. The predicted octanol–water partition coefficient (Wildman–Crippen LogP) is 0.960. The van der Waals surface area contributed by atoms with E-state index in [-0.39, 0.29) is 0 Å². The first kappa shape index (κ1) is 11.6. The van der Waals surface area contributed by atoms with Crippen LogP contribution in [0.4, 0.5) is 0 Å². The zero-order valence-corrected chi connectivity index (χ0v) is 10.1. The highest BCUT2D eigenvalue weighted by atomic mass is 15.3. The third-order valence-corrected chi connectivity index (χ3v) is 3.23. The molecule has 2 heterocycles. The molecule has 0 bridgehead atoms. The second-order valence-corrected chi connectivity index (χ2v) is 4.47. The van der Waals surface area contributed by atoms with Crippen LogP contribution in [-0.2, 0) is 6.42 Å². The molecule has 0 aromatic carbocycles. The minimum Gasteiger partial charge on any atom is -0.320 e. The average molecular weight is 222 g/mol. The van der Waals surface area contributed by atoms with E-state index in [4.69, 9.17) is 0 Å². The summed E-state index contributed by atoms with van der Waals surface area (Å²) < 4.78 is 2.22. The summed E-state index contributed by atoms with van der Waals surface area (Å²) >= 11 is 0. The van der Waals surface area contributed by atoms with Gasteiger partial charge in [0.15, 0.2) is 0 Å². The van der Waals surface area contributed by atoms with Crippen LogP contribution in [0.5, 0.6) is 0 Å². The van der Waals surface area contributed by atoms with Crippen LogP contribution in [0.3, 0.4) is 0 Å². The first-order chi connectivity index (χ1) is 7.92. The highest BCUT2D eigenvalue weighted by Crippen LogP contribution is 2.18. The fourth-order valence-corrected chi connectivity index (χ4v) is 2.36. The molecule has 1 unspecified atom stereocenters. The molecule has 1 aliphatic heterocycles. The molecule has 2 rings (SSSR count). The van der Waals surface area contributed by atoms with Gasteiger partial charge in [-0.3, -0.25) is 4.68 Å². The zero-order chi connectivity index (χ0) is 11.2. The third-order valence-electron chi connectivity index (χ3n) is 3.23. The number of nitrogens with one attached hydrogen (secondary N) is 2. The van der Waals surface area contributed by atoms with Gasteiger partial charge in [0.1, 0.15) is 0 Å². The largest absolute Gasteiger partial charge is 0.320 e. The van der Waals surface area contributed by atoms with Crippen LogP contribution in [0.25, 0.3) is 0 Å². The number of aryl methyl sites for hydroxylation is 1. The number of hydrogen-bond acceptors (Lipinski definition) is 3. The van der Waals surface area contributed by atoms with Gasteiger partial charge in [0.2, 0.25) is 0 Å². The summed E-state index contributed by atoms with van der Waals surface area (Å²) in [6.07, 6.45) is 6.76. The van der Waals surface area contributed by atoms with Gasteiger partial charge in [-0.05, 0) is 51.9 Å². The summed E-state index contributed by atoms with van der Waals surface area (Å²) in [6.45, 7) is 3.31. The molecule has 4 heteroatoms. The fourth-order valence-electron chi connectivity index (χ4n) is 2.36. The SMILES string of the molecule is CNCCCc1ccnn1C1CCCNC1. The first-order valence-corrected chi connectivity index (χ1v) is 6.29. The normalized spacial score (nSPS) is 21.2. The van der Waals surface area contributed by atoms with Gasteiger partial charge in [-0.2, -0.15) is 5.10 Å². The van der Waals surface area contributed by atoms with E-state index in [0.717, 1.165) is 26.1 Å². The first-order valence-electron chi connectivity index (χ1n) is 6.29. The molecule has 0 spiro atoms. The summed E-state index contributed by atoms with van der Waals surface area (Å²) in [5, 5.41) is 11.1. The van der Waals surface area contributed by atoms with E-state index in [9.17, 15) is 0 Å². The fraction of sp³-hybridized carbons (Fsp3) is 0.750. The Morgan fingerprint density at radius 1 is 1.62 bits per heavy atom. The lowest BCUT2D eigenvalue weighted by molar-refractivity contribution is 0.338. The van der Waals surface area contributed by atoms with Crippen molar-refractivity contribution in [2.24, 2.45) is 0 Å². The number of rotatable bonds is 5. The van der Waals surface area contributed by atoms with E-state index in [0.29, 0.717) is 6.04 Å². The van der Waals surface area contributed by atoms with Gasteiger partial charge in [0, 0.05) is 18.4 Å². The van der Waals surface area contributed by atoms with Gasteiger partial charge >= 0.3 is 0 Å². The Morgan fingerprint density at radius 2 is 2.56 bits per heavy atom. The molecule has 90 valence electrons. The van der Waals surface area contributed by atoms with Gasteiger partial charge in [-0.1, -0.05) is 0 Å². The van der Waals surface area contributed by atoms with Crippen molar-refractivity contribution in [2.75, 3.05) is 26.7 Å². The van der Waals surface area contributed by atoms with Gasteiger partial charge in [-0.25, -0.2) is 0 Å². The second-order valence-electron chi connectivity index (χ2n) is 4.47. The molecule has 16 heavy (non-hydrogen) atoms. The van der Waals surface area contributed by atoms with Crippen molar-refractivity contribution in [2.45, 2.75) is 31.7 Å². The molecule has 1 saturated heterocycles. The van der Waals surface area contributed by atoms with E-state index in [2.05, 4.69) is 26.5 Å². The van der Waals surface area contributed by atoms with Crippen molar-refractivity contribution in [1.82, 2.24) is 20.4 Å². The Bertz CT molecular complexity index is 302. The van der Waals surface area contributed by atoms with Crippen molar-refractivity contribution in [3.63, 3.8) is 0 Å². The summed E-state index contributed by atoms with van der Waals surface area (Å²) in [5.74, 6) is 0. The summed E-state index contributed by atoms with van der Waals surface area (Å²) in [4.78, 5) is 0. The van der Waals surface area contributed by atoms with E-state index in [1.165, 1.54) is 25.0 Å². The zero-order valence-electron chi connectivity index (χ0n) is 10.1. The van der Waals surface area contributed by atoms with Gasteiger partial charge < -0.3 is 10.6 Å². The van der Waals surface area contributed by atoms with E-state index in [1.54, 1.807) is 0 Å². The summed E-state index contributed by atoms with van der Waals surface area (Å²) in [6, 6.07) is 2.72. The molecule has 1 fully saturated rings. The smallest absolute Gasteiger partial charge is 0.0647 e. The van der Waals surface area contributed by atoms with Crippen molar-refractivity contribution in [1.29, 1.82) is 0 Å². The Kier molecular flexibility index (Phi) is 4.36. The van der Waals surface area contributed by atoms with E-state index < -0.39 is 0 Å². The highest BCUT2D eigenvalue weighted by molar-refractivity contribution is 5.03. The van der Waals surface area contributed by atoms with Crippen molar-refractivity contribution >= 4 is 0 Å². The minimum atomic E-state index is 0.563. The van der Waals surface area contributed by atoms with Crippen LogP contribution in [-0.4, -0.2) is 36.5 Å². The third kappa shape index (κ3) is 2.83. The van der Waals surface area contributed by atoms with E-state index in [1.807, 2.05) is 13.2 Å². The lowest BCUT2D eigenvalue weighted by Crippen LogP contribution is -2.32. The summed E-state index contributed by atoms with van der Waals surface area (Å²) in [5.41, 5.74) is 1.38. The maximum absolute atomic E-state index is 4.47. The maximum atomic E-state index is 4.47. The van der Waals surface area contributed by atoms with Gasteiger partial charge in [-0.15, -0.1) is 0 Å². The molecule has 0 amide bonds. The highest BCUT2D eigenvalue weighted by Gasteiger charge is 2.17. The van der Waals surface area contributed by atoms with Crippen LogP contribution in [0, 0.1) is 0 Å². The molecule has 1 atom stereocenters. The molecule has 1 aromatic heterocycles. The van der Waals surface area contributed by atoms with Crippen LogP contribution in [0.2, 0.25) is 0 Å². The van der Waals surface area contributed by atoms with Crippen LogP contribution in [0.15, 0.2) is 12.3 Å². The standard InChI is InChI=1S/C12H22N4/c1-13-7-2-4-11-6-9-15-16(11)12-5-3-8-14-10-12/h6,9,12-14H,2-5,7-8,10H2,1H3. The van der Waals surface area contributed by atoms with Crippen LogP contribution >= 0.6 is 0 Å². The summed E-state index contributed by atoms with van der Waals surface area (Å²) in [7, 11) is 2.00. The molecule has 0 saturated carbocycles. The lowest BCUT2D eigenvalue weighted by Gasteiger charge is -2.24. The Hall–Kier alpha value is -0.870. The van der Waals surface area contributed by atoms with Crippen molar-refractivity contribution < 1.29 is 0 Å². The number of nitrogens with zero attached hydrogens (tertiary/aromatic N) is 2. The van der Waals surface area contributed by atoms with Gasteiger partial charge in [0.25, 0.3) is 0 Å². The lowest BCUT2D eigenvalue weighted by atomic mass is 10.1. The van der Waals surface area contributed by atoms with E-state index >= 15 is 0 Å². The maximum Gasteiger partial charge on any atom is 0.0647 e. The van der Waals surface area contributed by atoms with Crippen molar-refractivity contribution in [3.05, 3.63) is 18.0 Å². The van der Waals surface area contributed by atoms with Crippen molar-refractivity contribution in [3.8, 4) is 0 Å². The molecule has 0 aliphatic carbocycles. The number of piperidine rings is 1. The number of hydrogen-bond donors (Lipinski definition) is 2. The number of aromatic nitrogens is 2. The molecular formula is C12H22N4. The molecule has 1 aliphatic rings. The average Bonchev–Trinajstić information content (AvgIpc) is 2.79. The topological polar surface area (TPSA) is 41.9 Å². The van der Waals surface area contributed by atoms with Crippen LogP contribution < -0.4 is 10.6 Å². The quantitative estimate of drug-likeness (QED) is 0.729. The van der Waals surface area contributed by atoms with Crippen LogP contribution in [0.1, 0.15) is 31.0 Å². The Balaban J connectivity index is 1.94. The Labute approximate surface area is 97.4 Å². The molecule has 1 aromatic rings. The second kappa shape index (κ2) is 6.01. The monoisotopic (exact) mass is 222 g/mol. The molecule has 0 radical (unpaired) electrons. The predicted molar refractivity (Wildman–Crippen MR) is 65.6 cm³/mol.